The van der Waals surface area contributed by atoms with Crippen LogP contribution in [0, 0.1) is 20.8 Å². The van der Waals surface area contributed by atoms with Crippen molar-refractivity contribution in [2.75, 3.05) is 0 Å². The maximum absolute atomic E-state index is 12.2. The number of hydrogen-bond acceptors (Lipinski definition) is 5. The fraction of sp³-hybridized carbons (Fsp3) is 0.250. The van der Waals surface area contributed by atoms with E-state index in [9.17, 15) is 4.79 Å². The topological polar surface area (TPSA) is 65.5 Å². The van der Waals surface area contributed by atoms with Gasteiger partial charge in [-0.2, -0.15) is 0 Å². The predicted molar refractivity (Wildman–Crippen MR) is 76.0 cm³/mol. The van der Waals surface area contributed by atoms with E-state index in [2.05, 4.69) is 5.16 Å². The number of nitrogens with zero attached hydrogens (tertiary/aromatic N) is 1. The van der Waals surface area contributed by atoms with Crippen LogP contribution < -0.4 is 0 Å². The number of hydrogen-bond donors (Lipinski definition) is 0. The van der Waals surface area contributed by atoms with Crippen LogP contribution in [0.4, 0.5) is 0 Å². The monoisotopic (exact) mass is 285 g/mol. The van der Waals surface area contributed by atoms with Gasteiger partial charge in [0.1, 0.15) is 18.0 Å². The number of aromatic nitrogens is 1. The molecule has 0 bridgehead atoms. The van der Waals surface area contributed by atoms with E-state index < -0.39 is 5.97 Å². The number of para-hydroxylation sites is 1. The number of fused-ring (bicyclic) bond motifs is 1. The minimum absolute atomic E-state index is 0.122. The van der Waals surface area contributed by atoms with Crippen molar-refractivity contribution in [1.82, 2.24) is 5.16 Å². The molecule has 0 spiro atoms. The third-order valence-electron chi connectivity index (χ3n) is 3.56. The quantitative estimate of drug-likeness (QED) is 0.686. The lowest BCUT2D eigenvalue weighted by Gasteiger charge is -2.02. The summed E-state index contributed by atoms with van der Waals surface area (Å²) in [4.78, 5) is 12.2. The van der Waals surface area contributed by atoms with Gasteiger partial charge in [0.2, 0.25) is 5.76 Å². The summed E-state index contributed by atoms with van der Waals surface area (Å²) < 4.78 is 15.9. The summed E-state index contributed by atoms with van der Waals surface area (Å²) in [5, 5.41) is 4.75. The molecule has 5 nitrogen and oxygen atoms in total. The molecule has 2 heterocycles. The van der Waals surface area contributed by atoms with Crippen molar-refractivity contribution < 1.29 is 18.5 Å². The van der Waals surface area contributed by atoms with Gasteiger partial charge in [0, 0.05) is 10.9 Å². The molecule has 0 saturated carbocycles. The molecular weight excluding hydrogens is 270 g/mol. The van der Waals surface area contributed by atoms with Crippen LogP contribution in [0.1, 0.15) is 33.1 Å². The first-order valence-corrected chi connectivity index (χ1v) is 6.65. The lowest BCUT2D eigenvalue weighted by molar-refractivity contribution is 0.0435. The van der Waals surface area contributed by atoms with Gasteiger partial charge in [-0.3, -0.25) is 0 Å². The third kappa shape index (κ3) is 2.31. The van der Waals surface area contributed by atoms with Crippen LogP contribution in [0.2, 0.25) is 0 Å². The fourth-order valence-electron chi connectivity index (χ4n) is 2.28. The Bertz CT molecular complexity index is 793. The van der Waals surface area contributed by atoms with Crippen molar-refractivity contribution in [1.29, 1.82) is 0 Å². The second-order valence-electron chi connectivity index (χ2n) is 4.93. The van der Waals surface area contributed by atoms with E-state index in [0.717, 1.165) is 22.2 Å². The molecule has 5 heteroatoms. The Hall–Kier alpha value is -2.56. The molecule has 0 aliphatic heterocycles. The number of benzene rings is 1. The predicted octanol–water partition coefficient (Wildman–Crippen LogP) is 3.70. The SMILES string of the molecule is Cc1noc(C)c1COC(=O)c1oc2ccccc2c1C. The first-order chi connectivity index (χ1) is 10.1. The number of esters is 1. The second-order valence-corrected chi connectivity index (χ2v) is 4.93. The molecule has 0 radical (unpaired) electrons. The first-order valence-electron chi connectivity index (χ1n) is 6.65. The summed E-state index contributed by atoms with van der Waals surface area (Å²) in [6.07, 6.45) is 0. The summed E-state index contributed by atoms with van der Waals surface area (Å²) >= 11 is 0. The van der Waals surface area contributed by atoms with Gasteiger partial charge in [-0.05, 0) is 26.8 Å². The number of carbonyl (C=O) groups is 1. The van der Waals surface area contributed by atoms with Crippen molar-refractivity contribution in [3.05, 3.63) is 52.6 Å². The summed E-state index contributed by atoms with van der Waals surface area (Å²) in [6, 6.07) is 7.51. The zero-order valence-electron chi connectivity index (χ0n) is 12.1. The minimum Gasteiger partial charge on any atom is -0.455 e. The molecule has 3 rings (SSSR count). The molecule has 0 amide bonds. The average Bonchev–Trinajstić information content (AvgIpc) is 2.98. The summed E-state index contributed by atoms with van der Waals surface area (Å²) in [6.45, 7) is 5.57. The Morgan fingerprint density at radius 1 is 1.24 bits per heavy atom. The molecule has 108 valence electrons. The van der Waals surface area contributed by atoms with E-state index >= 15 is 0 Å². The number of rotatable bonds is 3. The van der Waals surface area contributed by atoms with E-state index in [1.165, 1.54) is 0 Å². The molecule has 3 aromatic rings. The van der Waals surface area contributed by atoms with Crippen LogP contribution in [0.5, 0.6) is 0 Å². The molecule has 1 aromatic carbocycles. The summed E-state index contributed by atoms with van der Waals surface area (Å²) in [5.41, 5.74) is 2.98. The van der Waals surface area contributed by atoms with Crippen LogP contribution in [0.25, 0.3) is 11.0 Å². The zero-order chi connectivity index (χ0) is 15.0. The molecule has 2 aromatic heterocycles. The van der Waals surface area contributed by atoms with E-state index in [-0.39, 0.29) is 12.4 Å². The highest BCUT2D eigenvalue weighted by Gasteiger charge is 2.20. The summed E-state index contributed by atoms with van der Waals surface area (Å²) in [5.74, 6) is 0.410. The Kier molecular flexibility index (Phi) is 3.25. The molecule has 0 unspecified atom stereocenters. The second kappa shape index (κ2) is 5.09. The molecule has 0 N–H and O–H groups in total. The van der Waals surface area contributed by atoms with E-state index in [4.69, 9.17) is 13.7 Å². The van der Waals surface area contributed by atoms with E-state index in [1.807, 2.05) is 38.1 Å². The van der Waals surface area contributed by atoms with Crippen molar-refractivity contribution >= 4 is 16.9 Å². The van der Waals surface area contributed by atoms with Gasteiger partial charge in [0.05, 0.1) is 11.3 Å². The van der Waals surface area contributed by atoms with Crippen LogP contribution in [0.3, 0.4) is 0 Å². The molecule has 0 fully saturated rings. The number of furan rings is 1. The lowest BCUT2D eigenvalue weighted by atomic mass is 10.1. The number of aryl methyl sites for hydroxylation is 3. The first kappa shape index (κ1) is 13.4. The van der Waals surface area contributed by atoms with Gasteiger partial charge in [-0.15, -0.1) is 0 Å². The average molecular weight is 285 g/mol. The molecule has 21 heavy (non-hydrogen) atoms. The molecule has 0 aliphatic carbocycles. The maximum atomic E-state index is 12.2. The largest absolute Gasteiger partial charge is 0.455 e. The third-order valence-corrected chi connectivity index (χ3v) is 3.56. The Morgan fingerprint density at radius 2 is 2.00 bits per heavy atom. The highest BCUT2D eigenvalue weighted by atomic mass is 16.5. The van der Waals surface area contributed by atoms with E-state index in [1.54, 1.807) is 6.92 Å². The van der Waals surface area contributed by atoms with Crippen molar-refractivity contribution in [2.24, 2.45) is 0 Å². The minimum atomic E-state index is -0.483. The van der Waals surface area contributed by atoms with Gasteiger partial charge in [0.25, 0.3) is 0 Å². The zero-order valence-corrected chi connectivity index (χ0v) is 12.1. The van der Waals surface area contributed by atoms with Crippen molar-refractivity contribution in [3.63, 3.8) is 0 Å². The highest BCUT2D eigenvalue weighted by Crippen LogP contribution is 2.26. The summed E-state index contributed by atoms with van der Waals surface area (Å²) in [7, 11) is 0. The van der Waals surface area contributed by atoms with E-state index in [0.29, 0.717) is 11.3 Å². The number of carbonyl (C=O) groups excluding carboxylic acids is 1. The van der Waals surface area contributed by atoms with Gasteiger partial charge >= 0.3 is 5.97 Å². The van der Waals surface area contributed by atoms with Crippen LogP contribution >= 0.6 is 0 Å². The van der Waals surface area contributed by atoms with Gasteiger partial charge in [-0.1, -0.05) is 23.4 Å². The van der Waals surface area contributed by atoms with Crippen LogP contribution in [-0.4, -0.2) is 11.1 Å². The van der Waals surface area contributed by atoms with Crippen molar-refractivity contribution in [2.45, 2.75) is 27.4 Å². The molecule has 0 atom stereocenters. The Labute approximate surface area is 121 Å². The van der Waals surface area contributed by atoms with Crippen LogP contribution in [-0.2, 0) is 11.3 Å². The lowest BCUT2D eigenvalue weighted by Crippen LogP contribution is -2.06. The Morgan fingerprint density at radius 3 is 2.67 bits per heavy atom. The Balaban J connectivity index is 1.83. The number of ether oxygens (including phenoxy) is 1. The molecule has 0 aliphatic rings. The molecule has 0 saturated heterocycles. The van der Waals surface area contributed by atoms with Gasteiger partial charge in [0.15, 0.2) is 0 Å². The highest BCUT2D eigenvalue weighted by molar-refractivity contribution is 5.95. The van der Waals surface area contributed by atoms with Gasteiger partial charge in [-0.25, -0.2) is 4.79 Å². The van der Waals surface area contributed by atoms with Crippen LogP contribution in [0.15, 0.2) is 33.2 Å². The maximum Gasteiger partial charge on any atom is 0.374 e. The standard InChI is InChI=1S/C16H15NO4/c1-9-12-6-4-5-7-14(12)20-15(9)16(18)19-8-13-10(2)17-21-11(13)3/h4-7H,8H2,1-3H3. The normalized spacial score (nSPS) is 11.0. The molecular formula is C16H15NO4. The van der Waals surface area contributed by atoms with Gasteiger partial charge < -0.3 is 13.7 Å². The van der Waals surface area contributed by atoms with Crippen molar-refractivity contribution in [3.8, 4) is 0 Å². The smallest absolute Gasteiger partial charge is 0.374 e. The fourth-order valence-corrected chi connectivity index (χ4v) is 2.28.